The van der Waals surface area contributed by atoms with E-state index in [1.54, 1.807) is 0 Å². The van der Waals surface area contributed by atoms with Gasteiger partial charge in [-0.25, -0.2) is 4.39 Å². The van der Waals surface area contributed by atoms with E-state index in [9.17, 15) is 4.39 Å². The zero-order chi connectivity index (χ0) is 11.3. The fraction of sp³-hybridized carbons (Fsp3) is 0.250. The van der Waals surface area contributed by atoms with Crippen LogP contribution in [0.15, 0.2) is 18.2 Å². The Balaban J connectivity index is 2.52. The Hall–Kier alpha value is -0.990. The summed E-state index contributed by atoms with van der Waals surface area (Å²) in [4.78, 5) is 0. The first-order chi connectivity index (χ1) is 6.83. The Morgan fingerprint density at radius 3 is 2.27 bits per heavy atom. The van der Waals surface area contributed by atoms with E-state index in [1.165, 1.54) is 18.2 Å². The van der Waals surface area contributed by atoms with Gasteiger partial charge in [0.1, 0.15) is 31.4 Å². The molecule has 0 saturated heterocycles. The lowest BCUT2D eigenvalue weighted by atomic mass is 9.41. The molecule has 7 heteroatoms. The summed E-state index contributed by atoms with van der Waals surface area (Å²) in [5.74, 6) is -0.788. The zero-order valence-corrected chi connectivity index (χ0v) is 7.74. The van der Waals surface area contributed by atoms with Crippen LogP contribution in [-0.4, -0.2) is 42.2 Å². The summed E-state index contributed by atoms with van der Waals surface area (Å²) in [7, 11) is 21.9. The molecule has 0 bridgehead atoms. The number of fused-ring (bicyclic) bond motifs is 1. The summed E-state index contributed by atoms with van der Waals surface area (Å²) in [5, 5.41) is -3.92. The predicted octanol–water partition coefficient (Wildman–Crippen LogP) is -0.422. The Labute approximate surface area is 92.2 Å². The molecular formula is C8H3B4FO2. The molecule has 0 aromatic heterocycles. The molecule has 8 radical (unpaired) electrons. The molecule has 1 aliphatic heterocycles. The Morgan fingerprint density at radius 2 is 1.60 bits per heavy atom. The standard InChI is InChI=1S/C8H3B4FO2/c9-7(10)8(11,12)15-6-4(13)2-1-3-5(6)14-7/h1-3H. The minimum absolute atomic E-state index is 0.0616. The van der Waals surface area contributed by atoms with E-state index in [0.29, 0.717) is 0 Å². The quantitative estimate of drug-likeness (QED) is 0.521. The van der Waals surface area contributed by atoms with Gasteiger partial charge in [-0.15, -0.1) is 0 Å². The van der Waals surface area contributed by atoms with Gasteiger partial charge < -0.3 is 9.47 Å². The number of ether oxygens (including phenoxy) is 2. The average Bonchev–Trinajstić information content (AvgIpc) is 2.08. The first kappa shape index (κ1) is 10.5. The van der Waals surface area contributed by atoms with Crippen LogP contribution < -0.4 is 9.47 Å². The second-order valence-electron chi connectivity index (χ2n) is 3.36. The maximum Gasteiger partial charge on any atom is 0.196 e. The monoisotopic (exact) mass is 194 g/mol. The lowest BCUT2D eigenvalue weighted by Crippen LogP contribution is -2.65. The number of halogens is 1. The summed E-state index contributed by atoms with van der Waals surface area (Å²) >= 11 is 0. The fourth-order valence-electron chi connectivity index (χ4n) is 1.18. The molecule has 0 aliphatic carbocycles. The van der Waals surface area contributed by atoms with Crippen molar-refractivity contribution < 1.29 is 13.9 Å². The van der Waals surface area contributed by atoms with Crippen LogP contribution >= 0.6 is 0 Å². The van der Waals surface area contributed by atoms with Gasteiger partial charge in [0.2, 0.25) is 0 Å². The predicted molar refractivity (Wildman–Crippen MR) is 56.1 cm³/mol. The van der Waals surface area contributed by atoms with Gasteiger partial charge in [-0.05, 0) is 12.1 Å². The molecule has 1 heterocycles. The van der Waals surface area contributed by atoms with Crippen LogP contribution in [0.4, 0.5) is 4.39 Å². The lowest BCUT2D eigenvalue weighted by Gasteiger charge is -2.48. The van der Waals surface area contributed by atoms with Gasteiger partial charge in [0.25, 0.3) is 0 Å². The molecule has 0 unspecified atom stereocenters. The molecule has 66 valence electrons. The fourth-order valence-corrected chi connectivity index (χ4v) is 1.18. The van der Waals surface area contributed by atoms with Gasteiger partial charge in [-0.3, -0.25) is 0 Å². The summed E-state index contributed by atoms with van der Waals surface area (Å²) in [6.45, 7) is 0. The van der Waals surface area contributed by atoms with E-state index in [0.717, 1.165) is 0 Å². The SMILES string of the molecule is [B]C1([B])Oc2cccc(F)c2OC1([B])[B]. The number of benzene rings is 1. The van der Waals surface area contributed by atoms with Crippen LogP contribution in [0.25, 0.3) is 0 Å². The number of para-hydroxylation sites is 1. The van der Waals surface area contributed by atoms with Gasteiger partial charge in [0.15, 0.2) is 17.3 Å². The number of hydrogen-bond acceptors (Lipinski definition) is 2. The normalized spacial score (nSPS) is 20.9. The third-order valence-electron chi connectivity index (χ3n) is 2.09. The van der Waals surface area contributed by atoms with E-state index >= 15 is 0 Å². The van der Waals surface area contributed by atoms with E-state index in [4.69, 9.17) is 40.9 Å². The van der Waals surface area contributed by atoms with Gasteiger partial charge in [-0.1, -0.05) is 6.07 Å². The van der Waals surface area contributed by atoms with Crippen LogP contribution in [0.1, 0.15) is 0 Å². The van der Waals surface area contributed by atoms with Crippen LogP contribution in [0.3, 0.4) is 0 Å². The van der Waals surface area contributed by atoms with Crippen molar-refractivity contribution in [2.75, 3.05) is 0 Å². The maximum absolute atomic E-state index is 13.3. The second kappa shape index (κ2) is 3.00. The van der Waals surface area contributed by atoms with E-state index in [2.05, 4.69) is 0 Å². The van der Waals surface area contributed by atoms with Gasteiger partial charge in [-0.2, -0.15) is 0 Å². The lowest BCUT2D eigenvalue weighted by molar-refractivity contribution is 0.0573. The molecule has 0 saturated carbocycles. The van der Waals surface area contributed by atoms with Gasteiger partial charge >= 0.3 is 0 Å². The highest BCUT2D eigenvalue weighted by atomic mass is 19.1. The molecule has 2 rings (SSSR count). The molecule has 2 nitrogen and oxygen atoms in total. The Kier molecular flexibility index (Phi) is 2.10. The number of rotatable bonds is 0. The van der Waals surface area contributed by atoms with Crippen molar-refractivity contribution in [2.24, 2.45) is 0 Å². The Morgan fingerprint density at radius 1 is 1.00 bits per heavy atom. The van der Waals surface area contributed by atoms with Crippen LogP contribution in [-0.2, 0) is 0 Å². The maximum atomic E-state index is 13.3. The molecule has 1 aromatic rings. The summed E-state index contributed by atoms with van der Waals surface area (Å²) in [5.41, 5.74) is 0. The topological polar surface area (TPSA) is 18.5 Å². The minimum Gasteiger partial charge on any atom is -0.501 e. The first-order valence-corrected chi connectivity index (χ1v) is 4.15. The highest BCUT2D eigenvalue weighted by molar-refractivity contribution is 6.53. The molecule has 0 atom stereocenters. The van der Waals surface area contributed by atoms with Crippen molar-refractivity contribution in [2.45, 2.75) is 10.8 Å². The van der Waals surface area contributed by atoms with E-state index in [-0.39, 0.29) is 11.5 Å². The Bertz CT molecular complexity index is 408. The smallest absolute Gasteiger partial charge is 0.196 e. The first-order valence-electron chi connectivity index (χ1n) is 4.15. The van der Waals surface area contributed by atoms with Crippen LogP contribution in [0, 0.1) is 5.82 Å². The van der Waals surface area contributed by atoms with Crippen LogP contribution in [0.5, 0.6) is 11.5 Å². The van der Waals surface area contributed by atoms with Crippen molar-refractivity contribution in [3.63, 3.8) is 0 Å². The third kappa shape index (κ3) is 1.54. The third-order valence-corrected chi connectivity index (χ3v) is 2.09. The van der Waals surface area contributed by atoms with Gasteiger partial charge in [0.05, 0.1) is 0 Å². The zero-order valence-electron chi connectivity index (χ0n) is 7.74. The molecule has 1 aliphatic rings. The molecule has 0 N–H and O–H groups in total. The van der Waals surface area contributed by atoms with Crippen molar-refractivity contribution in [3.8, 4) is 11.5 Å². The molecule has 0 fully saturated rings. The van der Waals surface area contributed by atoms with Crippen LogP contribution in [0.2, 0.25) is 0 Å². The molecular weight excluding hydrogens is 190 g/mol. The minimum atomic E-state index is -2.00. The average molecular weight is 193 g/mol. The van der Waals surface area contributed by atoms with Crippen molar-refractivity contribution in [3.05, 3.63) is 24.0 Å². The van der Waals surface area contributed by atoms with Crippen molar-refractivity contribution >= 4 is 31.4 Å². The van der Waals surface area contributed by atoms with E-state index < -0.39 is 16.6 Å². The van der Waals surface area contributed by atoms with Crippen molar-refractivity contribution in [1.29, 1.82) is 0 Å². The summed E-state index contributed by atoms with van der Waals surface area (Å²) < 4.78 is 23.3. The summed E-state index contributed by atoms with van der Waals surface area (Å²) in [6, 6.07) is 4.05. The second-order valence-corrected chi connectivity index (χ2v) is 3.36. The molecule has 0 spiro atoms. The van der Waals surface area contributed by atoms with E-state index in [1.807, 2.05) is 0 Å². The molecule has 15 heavy (non-hydrogen) atoms. The highest BCUT2D eigenvalue weighted by Gasteiger charge is 2.43. The van der Waals surface area contributed by atoms with Gasteiger partial charge in [0, 0.05) is 10.8 Å². The molecule has 1 aromatic carbocycles. The summed E-state index contributed by atoms with van der Waals surface area (Å²) in [6.07, 6.45) is 0. The highest BCUT2D eigenvalue weighted by Crippen LogP contribution is 2.40. The number of hydrogen-bond donors (Lipinski definition) is 0. The molecule has 0 amide bonds. The van der Waals surface area contributed by atoms with Crippen molar-refractivity contribution in [1.82, 2.24) is 0 Å². The largest absolute Gasteiger partial charge is 0.501 e.